The van der Waals surface area contributed by atoms with E-state index in [2.05, 4.69) is 0 Å². The van der Waals surface area contributed by atoms with Crippen molar-refractivity contribution < 1.29 is 22.8 Å². The summed E-state index contributed by atoms with van der Waals surface area (Å²) >= 11 is 0. The number of amides is 1. The summed E-state index contributed by atoms with van der Waals surface area (Å²) in [5.41, 5.74) is 0.0105. The number of hydrogen-bond donors (Lipinski definition) is 0. The maximum absolute atomic E-state index is 12.7. The van der Waals surface area contributed by atoms with Crippen molar-refractivity contribution in [2.24, 2.45) is 0 Å². The first-order valence-electron chi connectivity index (χ1n) is 6.83. The number of hydrogen-bond acceptors (Lipinski definition) is 2. The summed E-state index contributed by atoms with van der Waals surface area (Å²) in [5.74, 6) is -0.450. The molecule has 0 bridgehead atoms. The molecule has 21 heavy (non-hydrogen) atoms. The van der Waals surface area contributed by atoms with E-state index in [0.717, 1.165) is 4.90 Å². The molecule has 0 aromatic heterocycles. The van der Waals surface area contributed by atoms with Gasteiger partial charge in [-0.1, -0.05) is 18.2 Å². The van der Waals surface area contributed by atoms with Crippen molar-refractivity contribution in [3.8, 4) is 0 Å². The van der Waals surface area contributed by atoms with Gasteiger partial charge in [0, 0.05) is 18.5 Å². The average molecular weight is 297 g/mol. The van der Waals surface area contributed by atoms with E-state index < -0.39 is 24.0 Å². The normalized spacial score (nSPS) is 21.0. The highest BCUT2D eigenvalue weighted by atomic mass is 19.4. The first-order chi connectivity index (χ1) is 9.83. The Balaban J connectivity index is 2.04. The molecule has 1 amide bonds. The van der Waals surface area contributed by atoms with Crippen molar-refractivity contribution >= 4 is 17.4 Å². The minimum Gasteiger partial charge on any atom is -0.302 e. The van der Waals surface area contributed by atoms with Gasteiger partial charge in [0.1, 0.15) is 12.3 Å². The van der Waals surface area contributed by atoms with Gasteiger partial charge in [-0.15, -0.1) is 0 Å². The zero-order valence-corrected chi connectivity index (χ0v) is 11.2. The van der Waals surface area contributed by atoms with Crippen molar-refractivity contribution in [1.82, 2.24) is 0 Å². The lowest BCUT2D eigenvalue weighted by atomic mass is 9.70. The first kappa shape index (κ1) is 14.1. The Morgan fingerprint density at radius 3 is 2.33 bits per heavy atom. The number of rotatable bonds is 1. The highest BCUT2D eigenvalue weighted by Crippen LogP contribution is 2.49. The monoisotopic (exact) mass is 297 g/mol. The molecule has 0 unspecified atom stereocenters. The second-order valence-electron chi connectivity index (χ2n) is 5.64. The van der Waals surface area contributed by atoms with Crippen LogP contribution in [0.5, 0.6) is 0 Å². The molecule has 0 atom stereocenters. The molecular formula is C15H14F3NO2. The molecule has 1 aromatic rings. The van der Waals surface area contributed by atoms with E-state index >= 15 is 0 Å². The maximum Gasteiger partial charge on any atom is 0.406 e. The minimum atomic E-state index is -4.45. The second kappa shape index (κ2) is 4.58. The number of halogens is 3. The number of alkyl halides is 3. The van der Waals surface area contributed by atoms with Crippen LogP contribution in [0.2, 0.25) is 0 Å². The first-order valence-corrected chi connectivity index (χ1v) is 6.83. The van der Waals surface area contributed by atoms with Crippen molar-refractivity contribution in [3.05, 3.63) is 29.8 Å². The van der Waals surface area contributed by atoms with E-state index in [-0.39, 0.29) is 18.6 Å². The number of anilines is 1. The molecule has 2 aliphatic rings. The highest BCUT2D eigenvalue weighted by Gasteiger charge is 2.53. The summed E-state index contributed by atoms with van der Waals surface area (Å²) < 4.78 is 38.2. The van der Waals surface area contributed by atoms with Crippen molar-refractivity contribution in [2.75, 3.05) is 11.4 Å². The van der Waals surface area contributed by atoms with Gasteiger partial charge in [0.15, 0.2) is 0 Å². The Morgan fingerprint density at radius 2 is 1.71 bits per heavy atom. The Labute approximate surface area is 119 Å². The molecule has 1 aliphatic carbocycles. The van der Waals surface area contributed by atoms with Crippen molar-refractivity contribution in [3.63, 3.8) is 0 Å². The van der Waals surface area contributed by atoms with Gasteiger partial charge in [-0.2, -0.15) is 13.2 Å². The lowest BCUT2D eigenvalue weighted by Gasteiger charge is -2.32. The molecule has 3 nitrogen and oxygen atoms in total. The Hall–Kier alpha value is -1.85. The van der Waals surface area contributed by atoms with Gasteiger partial charge in [-0.25, -0.2) is 0 Å². The average Bonchev–Trinajstić information content (AvgIpc) is 2.64. The quantitative estimate of drug-likeness (QED) is 0.799. The van der Waals surface area contributed by atoms with Gasteiger partial charge in [-0.05, 0) is 24.5 Å². The molecule has 3 rings (SSSR count). The molecule has 112 valence electrons. The number of nitrogens with zero attached hydrogens (tertiary/aromatic N) is 1. The molecular weight excluding hydrogens is 283 g/mol. The fourth-order valence-corrected chi connectivity index (χ4v) is 3.37. The van der Waals surface area contributed by atoms with Crippen LogP contribution in [0.4, 0.5) is 18.9 Å². The fourth-order valence-electron chi connectivity index (χ4n) is 3.37. The van der Waals surface area contributed by atoms with Crippen LogP contribution in [0.1, 0.15) is 31.2 Å². The highest BCUT2D eigenvalue weighted by molar-refractivity contribution is 6.09. The summed E-state index contributed by atoms with van der Waals surface area (Å²) in [7, 11) is 0. The predicted molar refractivity (Wildman–Crippen MR) is 70.0 cm³/mol. The zero-order chi connectivity index (χ0) is 15.3. The third-order valence-electron chi connectivity index (χ3n) is 4.36. The number of benzene rings is 1. The van der Waals surface area contributed by atoms with E-state index in [0.29, 0.717) is 24.1 Å². The third kappa shape index (κ3) is 2.22. The van der Waals surface area contributed by atoms with Crippen LogP contribution >= 0.6 is 0 Å². The number of para-hydroxylation sites is 1. The maximum atomic E-state index is 12.7. The van der Waals surface area contributed by atoms with Crippen LogP contribution in [0.3, 0.4) is 0 Å². The Morgan fingerprint density at radius 1 is 1.10 bits per heavy atom. The molecule has 1 spiro atoms. The Kier molecular flexibility index (Phi) is 3.07. The third-order valence-corrected chi connectivity index (χ3v) is 4.36. The SMILES string of the molecule is O=C1CCC2(CC1)C(=O)N(CC(F)(F)F)c1ccccc12. The van der Waals surface area contributed by atoms with Gasteiger partial charge in [0.25, 0.3) is 0 Å². The van der Waals surface area contributed by atoms with Crippen LogP contribution in [0.25, 0.3) is 0 Å². The van der Waals surface area contributed by atoms with E-state index in [1.807, 2.05) is 0 Å². The molecule has 1 fully saturated rings. The summed E-state index contributed by atoms with van der Waals surface area (Å²) in [4.78, 5) is 24.9. The topological polar surface area (TPSA) is 37.4 Å². The van der Waals surface area contributed by atoms with Gasteiger partial charge in [0.2, 0.25) is 5.91 Å². The number of ketones is 1. The molecule has 6 heteroatoms. The largest absolute Gasteiger partial charge is 0.406 e. The van der Waals surface area contributed by atoms with E-state index in [1.54, 1.807) is 24.3 Å². The van der Waals surface area contributed by atoms with E-state index in [9.17, 15) is 22.8 Å². The van der Waals surface area contributed by atoms with Crippen LogP contribution in [-0.4, -0.2) is 24.4 Å². The summed E-state index contributed by atoms with van der Waals surface area (Å²) in [6.45, 7) is -1.28. The number of fused-ring (bicyclic) bond motifs is 2. The summed E-state index contributed by atoms with van der Waals surface area (Å²) in [6, 6.07) is 6.60. The molecule has 1 aromatic carbocycles. The van der Waals surface area contributed by atoms with Gasteiger partial charge >= 0.3 is 6.18 Å². The minimum absolute atomic E-state index is 0.0696. The van der Waals surface area contributed by atoms with Crippen molar-refractivity contribution in [2.45, 2.75) is 37.3 Å². The Bertz CT molecular complexity index is 599. The predicted octanol–water partition coefficient (Wildman–Crippen LogP) is 2.98. The van der Waals surface area contributed by atoms with Crippen molar-refractivity contribution in [1.29, 1.82) is 0 Å². The van der Waals surface area contributed by atoms with E-state index in [4.69, 9.17) is 0 Å². The van der Waals surface area contributed by atoms with Gasteiger partial charge in [-0.3, -0.25) is 9.59 Å². The molecule has 1 aliphatic heterocycles. The van der Waals surface area contributed by atoms with Crippen LogP contribution < -0.4 is 4.90 Å². The van der Waals surface area contributed by atoms with Crippen LogP contribution in [0, 0.1) is 0 Å². The van der Waals surface area contributed by atoms with Crippen LogP contribution in [0.15, 0.2) is 24.3 Å². The lowest BCUT2D eigenvalue weighted by Crippen LogP contribution is -2.45. The van der Waals surface area contributed by atoms with Crippen LogP contribution in [-0.2, 0) is 15.0 Å². The summed E-state index contributed by atoms with van der Waals surface area (Å²) in [5, 5.41) is 0. The fraction of sp³-hybridized carbons (Fsp3) is 0.467. The number of carbonyl (C=O) groups is 2. The van der Waals surface area contributed by atoms with E-state index in [1.165, 1.54) is 0 Å². The number of Topliss-reactive ketones (excluding diaryl/α,β-unsaturated/α-hetero) is 1. The van der Waals surface area contributed by atoms with Gasteiger partial charge in [0.05, 0.1) is 5.41 Å². The van der Waals surface area contributed by atoms with Gasteiger partial charge < -0.3 is 4.90 Å². The molecule has 1 saturated carbocycles. The molecule has 0 saturated heterocycles. The standard InChI is InChI=1S/C15H14F3NO2/c16-15(17,18)9-19-12-4-2-1-3-11(12)14(13(19)21)7-5-10(20)6-8-14/h1-4H,5-9H2. The smallest absolute Gasteiger partial charge is 0.302 e. The zero-order valence-electron chi connectivity index (χ0n) is 11.2. The summed E-state index contributed by atoms with van der Waals surface area (Å²) in [6.07, 6.45) is -3.34. The lowest BCUT2D eigenvalue weighted by molar-refractivity contribution is -0.136. The second-order valence-corrected chi connectivity index (χ2v) is 5.64. The molecule has 0 radical (unpaired) electrons. The molecule has 1 heterocycles. The number of carbonyl (C=O) groups excluding carboxylic acids is 2. The molecule has 0 N–H and O–H groups in total.